The molecule has 1 unspecified atom stereocenters. The minimum atomic E-state index is 0.0547. The van der Waals surface area contributed by atoms with Crippen LogP contribution in [0.25, 0.3) is 0 Å². The minimum absolute atomic E-state index is 0.0547. The van der Waals surface area contributed by atoms with E-state index >= 15 is 0 Å². The summed E-state index contributed by atoms with van der Waals surface area (Å²) in [6.07, 6.45) is 1.70. The molecule has 18 heavy (non-hydrogen) atoms. The van der Waals surface area contributed by atoms with Crippen LogP contribution in [0.3, 0.4) is 0 Å². The van der Waals surface area contributed by atoms with E-state index in [9.17, 15) is 0 Å². The number of hydrogen-bond donors (Lipinski definition) is 2. The summed E-state index contributed by atoms with van der Waals surface area (Å²) in [5.41, 5.74) is 7.21. The van der Waals surface area contributed by atoms with Gasteiger partial charge in [-0.25, -0.2) is 0 Å². The van der Waals surface area contributed by atoms with Gasteiger partial charge in [0.25, 0.3) is 0 Å². The van der Waals surface area contributed by atoms with Crippen LogP contribution in [0, 0.1) is 0 Å². The topological polar surface area (TPSA) is 74.7 Å². The second-order valence-corrected chi connectivity index (χ2v) is 5.58. The number of nitrogens with two attached hydrogens (primary N) is 1. The molecular weight excluding hydrogens is 248 g/mol. The van der Waals surface area contributed by atoms with Gasteiger partial charge in [-0.15, -0.1) is 0 Å². The van der Waals surface area contributed by atoms with Gasteiger partial charge < -0.3 is 10.9 Å². The second-order valence-electron chi connectivity index (χ2n) is 4.43. The fourth-order valence-corrected chi connectivity index (χ4v) is 3.08. The average Bonchev–Trinajstić information content (AvgIpc) is 2.41. The van der Waals surface area contributed by atoms with Crippen LogP contribution >= 0.6 is 11.8 Å². The predicted octanol–water partition coefficient (Wildman–Crippen LogP) is 1.11. The normalized spacial score (nSPS) is 22.1. The lowest BCUT2D eigenvalue weighted by atomic mass is 10.2. The molecular formula is C12H18N4OS. The predicted molar refractivity (Wildman–Crippen MR) is 73.9 cm³/mol. The highest BCUT2D eigenvalue weighted by Crippen LogP contribution is 2.18. The summed E-state index contributed by atoms with van der Waals surface area (Å²) >= 11 is 2.00. The molecule has 1 aliphatic heterocycles. The van der Waals surface area contributed by atoms with Crippen molar-refractivity contribution in [1.29, 1.82) is 0 Å². The molecule has 0 bridgehead atoms. The van der Waals surface area contributed by atoms with Crippen molar-refractivity contribution in [1.82, 2.24) is 9.88 Å². The van der Waals surface area contributed by atoms with Crippen molar-refractivity contribution >= 4 is 17.6 Å². The van der Waals surface area contributed by atoms with E-state index in [2.05, 4.69) is 22.0 Å². The van der Waals surface area contributed by atoms with E-state index in [1.807, 2.05) is 23.9 Å². The number of pyridine rings is 1. The van der Waals surface area contributed by atoms with Gasteiger partial charge in [-0.05, 0) is 24.6 Å². The van der Waals surface area contributed by atoms with Gasteiger partial charge in [-0.1, -0.05) is 5.16 Å². The summed E-state index contributed by atoms with van der Waals surface area (Å²) in [5, 5.41) is 11.6. The summed E-state index contributed by atoms with van der Waals surface area (Å²) in [4.78, 5) is 6.53. The summed E-state index contributed by atoms with van der Waals surface area (Å²) in [6.45, 7) is 4.24. The van der Waals surface area contributed by atoms with Crippen LogP contribution in [0.2, 0.25) is 0 Å². The fourth-order valence-electron chi connectivity index (χ4n) is 1.99. The molecule has 6 heteroatoms. The molecule has 1 aromatic rings. The van der Waals surface area contributed by atoms with Crippen LogP contribution in [-0.2, 0) is 6.54 Å². The van der Waals surface area contributed by atoms with Crippen molar-refractivity contribution < 1.29 is 5.21 Å². The van der Waals surface area contributed by atoms with Gasteiger partial charge in [0.1, 0.15) is 5.69 Å². The van der Waals surface area contributed by atoms with Crippen LogP contribution in [0.5, 0.6) is 0 Å². The van der Waals surface area contributed by atoms with E-state index in [0.717, 1.165) is 18.7 Å². The van der Waals surface area contributed by atoms with Crippen LogP contribution in [0.15, 0.2) is 23.5 Å². The number of oxime groups is 1. The molecule has 0 radical (unpaired) electrons. The molecule has 1 aromatic heterocycles. The molecule has 0 saturated carbocycles. The number of thioether (sulfide) groups is 1. The zero-order valence-electron chi connectivity index (χ0n) is 10.4. The van der Waals surface area contributed by atoms with E-state index in [1.54, 1.807) is 6.20 Å². The fraction of sp³-hybridized carbons (Fsp3) is 0.500. The van der Waals surface area contributed by atoms with Gasteiger partial charge >= 0.3 is 0 Å². The lowest BCUT2D eigenvalue weighted by Crippen LogP contribution is -2.39. The van der Waals surface area contributed by atoms with Crippen molar-refractivity contribution in [3.8, 4) is 0 Å². The van der Waals surface area contributed by atoms with Crippen molar-refractivity contribution in [2.45, 2.75) is 19.5 Å². The Morgan fingerprint density at radius 2 is 2.56 bits per heavy atom. The van der Waals surface area contributed by atoms with Crippen LogP contribution < -0.4 is 5.73 Å². The Hall–Kier alpha value is -1.27. The molecule has 1 fully saturated rings. The largest absolute Gasteiger partial charge is 0.409 e. The molecule has 0 amide bonds. The Balaban J connectivity index is 2.09. The monoisotopic (exact) mass is 266 g/mol. The van der Waals surface area contributed by atoms with E-state index in [0.29, 0.717) is 11.7 Å². The van der Waals surface area contributed by atoms with Crippen molar-refractivity contribution in [2.24, 2.45) is 10.9 Å². The first kappa shape index (κ1) is 13.2. The number of hydrogen-bond acceptors (Lipinski definition) is 5. The molecule has 2 rings (SSSR count). The average molecular weight is 266 g/mol. The zero-order valence-corrected chi connectivity index (χ0v) is 11.2. The standard InChI is InChI=1S/C12H18N4OS/c1-9-8-18-5-4-16(9)7-10-2-3-14-11(6-10)12(13)15-17/h2-3,6,9,17H,4-5,7-8H2,1H3,(H2,13,15). The van der Waals surface area contributed by atoms with Crippen molar-refractivity contribution in [3.63, 3.8) is 0 Å². The molecule has 0 spiro atoms. The zero-order chi connectivity index (χ0) is 13.0. The third kappa shape index (κ3) is 3.14. The summed E-state index contributed by atoms with van der Waals surface area (Å²) in [6, 6.07) is 4.44. The smallest absolute Gasteiger partial charge is 0.188 e. The van der Waals surface area contributed by atoms with E-state index in [4.69, 9.17) is 10.9 Å². The van der Waals surface area contributed by atoms with Gasteiger partial charge in [-0.3, -0.25) is 9.88 Å². The highest BCUT2D eigenvalue weighted by Gasteiger charge is 2.18. The van der Waals surface area contributed by atoms with Gasteiger partial charge in [0.05, 0.1) is 0 Å². The van der Waals surface area contributed by atoms with Crippen LogP contribution in [-0.4, -0.2) is 45.0 Å². The Labute approximate surface area is 111 Å². The SMILES string of the molecule is CC1CSCCN1Cc1ccnc(C(N)=NO)c1. The Morgan fingerprint density at radius 1 is 1.72 bits per heavy atom. The quantitative estimate of drug-likeness (QED) is 0.371. The highest BCUT2D eigenvalue weighted by molar-refractivity contribution is 7.99. The number of nitrogens with zero attached hydrogens (tertiary/aromatic N) is 3. The van der Waals surface area contributed by atoms with Gasteiger partial charge in [0.2, 0.25) is 0 Å². The first-order valence-electron chi connectivity index (χ1n) is 5.95. The third-order valence-electron chi connectivity index (χ3n) is 3.09. The maximum Gasteiger partial charge on any atom is 0.188 e. The third-order valence-corrected chi connectivity index (χ3v) is 4.27. The number of amidine groups is 1. The Kier molecular flexibility index (Phi) is 4.43. The molecule has 0 aliphatic carbocycles. The maximum atomic E-state index is 8.65. The molecule has 3 N–H and O–H groups in total. The van der Waals surface area contributed by atoms with E-state index in [1.165, 1.54) is 11.5 Å². The van der Waals surface area contributed by atoms with E-state index in [-0.39, 0.29) is 5.84 Å². The first-order chi connectivity index (χ1) is 8.70. The van der Waals surface area contributed by atoms with Gasteiger partial charge in [0.15, 0.2) is 5.84 Å². The lowest BCUT2D eigenvalue weighted by molar-refractivity contribution is 0.224. The second kappa shape index (κ2) is 6.06. The highest BCUT2D eigenvalue weighted by atomic mass is 32.2. The van der Waals surface area contributed by atoms with E-state index < -0.39 is 0 Å². The Bertz CT molecular complexity index is 438. The van der Waals surface area contributed by atoms with Crippen LogP contribution in [0.1, 0.15) is 18.2 Å². The molecule has 98 valence electrons. The van der Waals surface area contributed by atoms with Gasteiger partial charge in [-0.2, -0.15) is 11.8 Å². The van der Waals surface area contributed by atoms with Gasteiger partial charge in [0, 0.05) is 36.8 Å². The molecule has 5 nitrogen and oxygen atoms in total. The Morgan fingerprint density at radius 3 is 3.28 bits per heavy atom. The van der Waals surface area contributed by atoms with Crippen molar-refractivity contribution in [2.75, 3.05) is 18.1 Å². The maximum absolute atomic E-state index is 8.65. The minimum Gasteiger partial charge on any atom is -0.409 e. The van der Waals surface area contributed by atoms with Crippen LogP contribution in [0.4, 0.5) is 0 Å². The molecule has 2 heterocycles. The summed E-state index contributed by atoms with van der Waals surface area (Å²) in [7, 11) is 0. The molecule has 1 saturated heterocycles. The van der Waals surface area contributed by atoms with Crippen molar-refractivity contribution in [3.05, 3.63) is 29.6 Å². The number of rotatable bonds is 3. The summed E-state index contributed by atoms with van der Waals surface area (Å²) < 4.78 is 0. The lowest BCUT2D eigenvalue weighted by Gasteiger charge is -2.32. The molecule has 1 atom stereocenters. The first-order valence-corrected chi connectivity index (χ1v) is 7.11. The number of aromatic nitrogens is 1. The molecule has 1 aliphatic rings. The molecule has 0 aromatic carbocycles. The summed E-state index contributed by atoms with van der Waals surface area (Å²) in [5.74, 6) is 2.42.